The Morgan fingerprint density at radius 3 is 2.43 bits per heavy atom. The van der Waals surface area contributed by atoms with Crippen LogP contribution in [0.5, 0.6) is 11.5 Å². The van der Waals surface area contributed by atoms with Gasteiger partial charge in [-0.15, -0.1) is 0 Å². The minimum atomic E-state index is -0.462. The topological polar surface area (TPSA) is 64.0 Å². The number of anilines is 1. The number of carbonyl (C=O) groups excluding carboxylic acids is 2. The Balaban J connectivity index is 1.83. The summed E-state index contributed by atoms with van der Waals surface area (Å²) >= 11 is 0. The summed E-state index contributed by atoms with van der Waals surface area (Å²) in [4.78, 5) is 30.9. The molecule has 2 heterocycles. The van der Waals surface area contributed by atoms with Crippen LogP contribution in [-0.2, 0) is 9.59 Å². The average molecular weight is 504 g/mol. The number of fused-ring (bicyclic) bond motifs is 3. The molecular weight excluding hydrogens is 466 g/mol. The zero-order chi connectivity index (χ0) is 26.5. The highest BCUT2D eigenvalue weighted by atomic mass is 16.5. The fourth-order valence-corrected chi connectivity index (χ4v) is 4.97. The summed E-state index contributed by atoms with van der Waals surface area (Å²) in [6, 6.07) is 17.1. The molecule has 0 N–H and O–H groups in total. The summed E-state index contributed by atoms with van der Waals surface area (Å²) in [7, 11) is 3.25. The Hall–Kier alpha value is -3.74. The van der Waals surface area contributed by atoms with Crippen LogP contribution >= 0.6 is 0 Å². The van der Waals surface area contributed by atoms with Gasteiger partial charge in [0, 0.05) is 24.7 Å². The normalized spacial score (nSPS) is 14.2. The molecule has 0 spiro atoms. The molecule has 1 atom stereocenters. The van der Waals surface area contributed by atoms with Gasteiger partial charge in [-0.3, -0.25) is 14.5 Å². The lowest BCUT2D eigenvalue weighted by Gasteiger charge is -2.40. The summed E-state index contributed by atoms with van der Waals surface area (Å²) < 4.78 is 13.4. The van der Waals surface area contributed by atoms with E-state index >= 15 is 0 Å². The maximum absolute atomic E-state index is 14.2. The number of ether oxygens (including phenoxy) is 2. The minimum Gasteiger partial charge on any atom is -0.497 e. The number of benzene rings is 2. The number of unbranched alkanes of at least 4 members (excludes halogenated alkanes) is 1. The van der Waals surface area contributed by atoms with E-state index in [1.807, 2.05) is 79.5 Å². The van der Waals surface area contributed by atoms with Gasteiger partial charge >= 0.3 is 0 Å². The monoisotopic (exact) mass is 503 g/mol. The molecule has 1 aliphatic rings. The summed E-state index contributed by atoms with van der Waals surface area (Å²) in [5.41, 5.74) is 3.46. The molecule has 0 bridgehead atoms. The molecule has 2 amide bonds. The van der Waals surface area contributed by atoms with Crippen LogP contribution in [0, 0.1) is 5.92 Å². The molecule has 0 fully saturated rings. The molecule has 37 heavy (non-hydrogen) atoms. The number of carbonyl (C=O) groups is 2. The van der Waals surface area contributed by atoms with Gasteiger partial charge in [0.1, 0.15) is 24.1 Å². The van der Waals surface area contributed by atoms with Crippen LogP contribution in [-0.4, -0.2) is 48.6 Å². The van der Waals surface area contributed by atoms with Crippen LogP contribution in [0.2, 0.25) is 0 Å². The molecular formula is C30H37N3O4. The van der Waals surface area contributed by atoms with Crippen molar-refractivity contribution in [2.75, 3.05) is 32.2 Å². The highest BCUT2D eigenvalue weighted by molar-refractivity contribution is 6.00. The first-order valence-electron chi connectivity index (χ1n) is 13.0. The van der Waals surface area contributed by atoms with E-state index in [1.165, 1.54) is 0 Å². The van der Waals surface area contributed by atoms with Crippen molar-refractivity contribution >= 4 is 17.5 Å². The highest BCUT2D eigenvalue weighted by Gasteiger charge is 2.38. The molecule has 1 aliphatic heterocycles. The zero-order valence-corrected chi connectivity index (χ0v) is 22.4. The van der Waals surface area contributed by atoms with Gasteiger partial charge in [0.25, 0.3) is 0 Å². The van der Waals surface area contributed by atoms with Gasteiger partial charge in [-0.25, -0.2) is 0 Å². The molecule has 0 aliphatic carbocycles. The van der Waals surface area contributed by atoms with Crippen LogP contribution in [0.4, 0.5) is 5.69 Å². The maximum Gasteiger partial charge on any atom is 0.247 e. The Morgan fingerprint density at radius 1 is 1.00 bits per heavy atom. The van der Waals surface area contributed by atoms with E-state index in [0.717, 1.165) is 35.5 Å². The molecule has 1 unspecified atom stereocenters. The second-order valence-corrected chi connectivity index (χ2v) is 9.83. The van der Waals surface area contributed by atoms with Gasteiger partial charge in [-0.1, -0.05) is 39.3 Å². The number of rotatable bonds is 10. The van der Waals surface area contributed by atoms with Crippen LogP contribution in [0.1, 0.15) is 57.3 Å². The molecule has 7 heteroatoms. The molecule has 2 aromatic carbocycles. The van der Waals surface area contributed by atoms with Gasteiger partial charge in [0.2, 0.25) is 11.8 Å². The lowest BCUT2D eigenvalue weighted by atomic mass is 9.96. The molecule has 4 rings (SSSR count). The van der Waals surface area contributed by atoms with Crippen molar-refractivity contribution in [3.63, 3.8) is 0 Å². The number of amides is 2. The van der Waals surface area contributed by atoms with Crippen LogP contribution in [0.3, 0.4) is 0 Å². The number of hydrogen-bond donors (Lipinski definition) is 0. The molecule has 0 saturated carbocycles. The Bertz CT molecular complexity index is 1250. The summed E-state index contributed by atoms with van der Waals surface area (Å²) in [6.07, 6.45) is 4.23. The van der Waals surface area contributed by atoms with Crippen molar-refractivity contribution in [1.82, 2.24) is 9.47 Å². The first-order chi connectivity index (χ1) is 17.9. The quantitative estimate of drug-likeness (QED) is 0.361. The van der Waals surface area contributed by atoms with Crippen molar-refractivity contribution < 1.29 is 19.1 Å². The van der Waals surface area contributed by atoms with Crippen molar-refractivity contribution in [3.8, 4) is 17.2 Å². The zero-order valence-electron chi connectivity index (χ0n) is 22.4. The Labute approximate surface area is 219 Å². The third-order valence-corrected chi connectivity index (χ3v) is 6.76. The SMILES string of the molecule is CCCCN(CC(=O)N1c2ccccc2-n2cccc2C1c1cc(OC)ccc1OC)C(=O)CC(C)C. The second kappa shape index (κ2) is 11.5. The number of para-hydroxylation sites is 2. The molecule has 1 aromatic heterocycles. The smallest absolute Gasteiger partial charge is 0.247 e. The largest absolute Gasteiger partial charge is 0.497 e. The van der Waals surface area contributed by atoms with E-state index in [4.69, 9.17) is 9.47 Å². The van der Waals surface area contributed by atoms with Crippen molar-refractivity contribution in [1.29, 1.82) is 0 Å². The van der Waals surface area contributed by atoms with Crippen molar-refractivity contribution in [3.05, 3.63) is 72.1 Å². The lowest BCUT2D eigenvalue weighted by Crippen LogP contribution is -2.47. The third-order valence-electron chi connectivity index (χ3n) is 6.76. The van der Waals surface area contributed by atoms with Crippen LogP contribution in [0.15, 0.2) is 60.8 Å². The second-order valence-electron chi connectivity index (χ2n) is 9.83. The first-order valence-corrected chi connectivity index (χ1v) is 13.0. The van der Waals surface area contributed by atoms with Gasteiger partial charge in [0.15, 0.2) is 0 Å². The predicted octanol–water partition coefficient (Wildman–Crippen LogP) is 5.61. The number of methoxy groups -OCH3 is 2. The van der Waals surface area contributed by atoms with E-state index in [0.29, 0.717) is 24.5 Å². The molecule has 3 aromatic rings. The Kier molecular flexibility index (Phi) is 8.21. The first kappa shape index (κ1) is 26.3. The molecule has 0 saturated heterocycles. The summed E-state index contributed by atoms with van der Waals surface area (Å²) in [6.45, 7) is 6.72. The third kappa shape index (κ3) is 5.36. The molecule has 196 valence electrons. The maximum atomic E-state index is 14.2. The molecule has 0 radical (unpaired) electrons. The molecule has 7 nitrogen and oxygen atoms in total. The predicted molar refractivity (Wildman–Crippen MR) is 146 cm³/mol. The standard InChI is InChI=1S/C30H37N3O4/c1-6-7-16-31(28(34)18-21(2)3)20-29(35)33-25-12-9-8-11-24(25)32-17-10-13-26(32)30(33)23-19-22(36-4)14-15-27(23)37-5/h8-15,17,19,21,30H,6-7,16,18,20H2,1-5H3. The summed E-state index contributed by atoms with van der Waals surface area (Å²) in [5, 5.41) is 0. The van der Waals surface area contributed by atoms with Gasteiger partial charge in [-0.2, -0.15) is 0 Å². The van der Waals surface area contributed by atoms with Gasteiger partial charge in [0.05, 0.1) is 31.3 Å². The fraction of sp³-hybridized carbons (Fsp3) is 0.400. The van der Waals surface area contributed by atoms with E-state index in [1.54, 1.807) is 19.1 Å². The van der Waals surface area contributed by atoms with E-state index in [-0.39, 0.29) is 24.3 Å². The highest BCUT2D eigenvalue weighted by Crippen LogP contribution is 2.45. The van der Waals surface area contributed by atoms with Crippen molar-refractivity contribution in [2.24, 2.45) is 5.92 Å². The fourth-order valence-electron chi connectivity index (χ4n) is 4.97. The van der Waals surface area contributed by atoms with Crippen LogP contribution < -0.4 is 14.4 Å². The van der Waals surface area contributed by atoms with Gasteiger partial charge < -0.3 is 18.9 Å². The summed E-state index contributed by atoms with van der Waals surface area (Å²) in [5.74, 6) is 1.44. The minimum absolute atomic E-state index is 0.0148. The van der Waals surface area contributed by atoms with E-state index < -0.39 is 6.04 Å². The number of hydrogen-bond acceptors (Lipinski definition) is 4. The van der Waals surface area contributed by atoms with Crippen LogP contribution in [0.25, 0.3) is 5.69 Å². The van der Waals surface area contributed by atoms with Crippen molar-refractivity contribution in [2.45, 2.75) is 46.1 Å². The number of nitrogens with zero attached hydrogens (tertiary/aromatic N) is 3. The Morgan fingerprint density at radius 2 is 1.76 bits per heavy atom. The number of aromatic nitrogens is 1. The van der Waals surface area contributed by atoms with Gasteiger partial charge in [-0.05, 0) is 54.8 Å². The average Bonchev–Trinajstić information content (AvgIpc) is 3.39. The lowest BCUT2D eigenvalue weighted by molar-refractivity contribution is -0.136. The van der Waals surface area contributed by atoms with E-state index in [9.17, 15) is 9.59 Å². The van der Waals surface area contributed by atoms with E-state index in [2.05, 4.69) is 11.5 Å².